The molecule has 2 spiro atoms. The highest BCUT2D eigenvalue weighted by molar-refractivity contribution is 6.01. The van der Waals surface area contributed by atoms with Crippen molar-refractivity contribution in [3.05, 3.63) is 22.8 Å². The van der Waals surface area contributed by atoms with Gasteiger partial charge in [0.05, 0.1) is 18.3 Å². The van der Waals surface area contributed by atoms with Crippen LogP contribution in [-0.2, 0) is 14.4 Å². The van der Waals surface area contributed by atoms with E-state index in [9.17, 15) is 34.8 Å². The maximum atomic E-state index is 14.8. The van der Waals surface area contributed by atoms with E-state index in [4.69, 9.17) is 11.5 Å². The minimum atomic E-state index is -1.18. The van der Waals surface area contributed by atoms with Gasteiger partial charge in [0.1, 0.15) is 5.78 Å². The van der Waals surface area contributed by atoms with Crippen molar-refractivity contribution in [1.29, 1.82) is 0 Å². The fourth-order valence-corrected chi connectivity index (χ4v) is 11.2. The highest BCUT2D eigenvalue weighted by Gasteiger charge is 2.72. The number of nitrogens with two attached hydrogens (primary N) is 2. The number of aliphatic imine (C=N–C) groups is 1. The first-order valence-corrected chi connectivity index (χ1v) is 16.8. The fourth-order valence-electron chi connectivity index (χ4n) is 11.2. The van der Waals surface area contributed by atoms with Gasteiger partial charge in [0.2, 0.25) is 0 Å². The zero-order valence-corrected chi connectivity index (χ0v) is 27.5. The molecule has 5 aliphatic carbocycles. The molecule has 5 rings (SSSR count). The summed E-state index contributed by atoms with van der Waals surface area (Å²) < 4.78 is 0. The van der Waals surface area contributed by atoms with Crippen molar-refractivity contribution < 1.29 is 34.8 Å². The van der Waals surface area contributed by atoms with Gasteiger partial charge in [0.15, 0.2) is 11.7 Å². The Morgan fingerprint density at radius 2 is 1.73 bits per heavy atom. The highest BCUT2D eigenvalue weighted by atomic mass is 16.4. The molecule has 0 aliphatic heterocycles. The van der Waals surface area contributed by atoms with Gasteiger partial charge in [-0.05, 0) is 73.8 Å². The van der Waals surface area contributed by atoms with Crippen LogP contribution in [0, 0.1) is 45.3 Å². The van der Waals surface area contributed by atoms with Gasteiger partial charge in [-0.1, -0.05) is 47.0 Å². The van der Waals surface area contributed by atoms with Gasteiger partial charge in [-0.15, -0.1) is 0 Å². The first-order chi connectivity index (χ1) is 21.0. The van der Waals surface area contributed by atoms with Crippen LogP contribution in [0.15, 0.2) is 27.8 Å². The number of guanidine groups is 1. The molecule has 2 bridgehead atoms. The second-order valence-corrected chi connectivity index (χ2v) is 15.7. The van der Waals surface area contributed by atoms with E-state index in [2.05, 4.69) is 4.99 Å². The zero-order valence-electron chi connectivity index (χ0n) is 27.5. The maximum absolute atomic E-state index is 14.8. The number of hydrogen-bond acceptors (Lipinski definition) is 7. The molecule has 0 unspecified atom stereocenters. The van der Waals surface area contributed by atoms with Crippen LogP contribution in [-0.4, -0.2) is 68.8 Å². The van der Waals surface area contributed by atoms with E-state index in [1.165, 1.54) is 13.0 Å². The molecular formula is C35H53N3O7. The SMILES string of the molecule is C/C(=C\[C@@H](O)[C@@H](CN=C(N)N)[C@@H](C)[C@H]1C[C@H](O)[C@@]2(C)C3=C4C(=O)C[C@]12CCCCC[C@@]41CCC(=O)C(C)(C)[C@H]1C[C@H]3O)C(=O)O. The summed E-state index contributed by atoms with van der Waals surface area (Å²) in [6.07, 6.45) is 4.50. The van der Waals surface area contributed by atoms with Crippen molar-refractivity contribution in [2.75, 3.05) is 6.54 Å². The second kappa shape index (κ2) is 11.6. The third kappa shape index (κ3) is 4.92. The zero-order chi connectivity index (χ0) is 33.3. The van der Waals surface area contributed by atoms with E-state index < -0.39 is 51.9 Å². The lowest BCUT2D eigenvalue weighted by Crippen LogP contribution is -2.62. The van der Waals surface area contributed by atoms with E-state index >= 15 is 0 Å². The Balaban J connectivity index is 1.68. The Morgan fingerprint density at radius 3 is 2.38 bits per heavy atom. The Kier molecular flexibility index (Phi) is 8.71. The van der Waals surface area contributed by atoms with Crippen LogP contribution in [0.25, 0.3) is 0 Å². The number of allylic oxidation sites excluding steroid dienone is 1. The van der Waals surface area contributed by atoms with Crippen molar-refractivity contribution in [2.45, 2.75) is 117 Å². The standard InChI is InChI=1S/C35H53N3O7/c1-18(30(44)45)13-22(39)20(17-38-31(36)37)19(2)21-14-27(43)33(5)28-23(40)15-25-32(3,4)26(42)9-12-34(25)10-7-6-8-11-35(21,33)16-24(41)29(28)34/h13,19-23,25,27,39-40,43H,6-12,14-17H2,1-5H3,(H,44,45)(H4,36,37,38)/b18-13+/t19-,20+,21-,22-,23-,25-,27+,33+,34+,35-/m1/s1. The molecule has 0 saturated heterocycles. The quantitative estimate of drug-likeness (QED) is 0.139. The molecule has 3 fully saturated rings. The first kappa shape index (κ1) is 33.8. The third-order valence-corrected chi connectivity index (χ3v) is 13.6. The molecule has 8 N–H and O–H groups in total. The summed E-state index contributed by atoms with van der Waals surface area (Å²) in [6.45, 7) is 9.44. The molecule has 0 amide bonds. The number of fused-ring (bicyclic) bond motifs is 2. The minimum absolute atomic E-state index is 0.000686. The van der Waals surface area contributed by atoms with E-state index in [-0.39, 0.29) is 53.8 Å². The summed E-state index contributed by atoms with van der Waals surface area (Å²) in [7, 11) is 0. The average molecular weight is 628 g/mol. The number of hydrogen-bond donors (Lipinski definition) is 6. The summed E-state index contributed by atoms with van der Waals surface area (Å²) in [5, 5.41) is 45.1. The van der Waals surface area contributed by atoms with E-state index in [1.807, 2.05) is 27.7 Å². The first-order valence-electron chi connectivity index (χ1n) is 16.8. The van der Waals surface area contributed by atoms with Crippen LogP contribution in [0.2, 0.25) is 0 Å². The number of carboxylic acid groups (broad SMARTS) is 1. The summed E-state index contributed by atoms with van der Waals surface area (Å²) in [4.78, 5) is 43.8. The van der Waals surface area contributed by atoms with Gasteiger partial charge in [0.25, 0.3) is 0 Å². The van der Waals surface area contributed by atoms with Crippen LogP contribution in [0.4, 0.5) is 0 Å². The summed E-state index contributed by atoms with van der Waals surface area (Å²) in [5.74, 6) is -2.38. The minimum Gasteiger partial charge on any atom is -0.478 e. The molecule has 0 heterocycles. The number of rotatable bonds is 7. The van der Waals surface area contributed by atoms with Crippen LogP contribution in [0.3, 0.4) is 0 Å². The van der Waals surface area contributed by atoms with Gasteiger partial charge >= 0.3 is 5.97 Å². The molecule has 5 aliphatic rings. The van der Waals surface area contributed by atoms with Crippen LogP contribution >= 0.6 is 0 Å². The number of aliphatic hydroxyl groups is 3. The molecular weight excluding hydrogens is 574 g/mol. The summed E-state index contributed by atoms with van der Waals surface area (Å²) in [6, 6.07) is 0. The number of Topliss-reactive ketones (excluding diaryl/α,β-unsaturated/α-hetero) is 2. The molecule has 10 heteroatoms. The topological polar surface area (TPSA) is 197 Å². The van der Waals surface area contributed by atoms with E-state index in [0.717, 1.165) is 25.7 Å². The smallest absolute Gasteiger partial charge is 0.331 e. The van der Waals surface area contributed by atoms with Gasteiger partial charge in [-0.25, -0.2) is 4.79 Å². The summed E-state index contributed by atoms with van der Waals surface area (Å²) in [5.41, 5.74) is 9.98. The van der Waals surface area contributed by atoms with Crippen LogP contribution in [0.5, 0.6) is 0 Å². The largest absolute Gasteiger partial charge is 0.478 e. The van der Waals surface area contributed by atoms with Gasteiger partial charge in [-0.3, -0.25) is 14.6 Å². The normalized spacial score (nSPS) is 39.9. The van der Waals surface area contributed by atoms with Gasteiger partial charge < -0.3 is 31.9 Å². The lowest BCUT2D eigenvalue weighted by Gasteiger charge is -2.63. The fraction of sp³-hybridized carbons (Fsp3) is 0.771. The van der Waals surface area contributed by atoms with E-state index in [0.29, 0.717) is 43.3 Å². The molecule has 10 nitrogen and oxygen atoms in total. The lowest BCUT2D eigenvalue weighted by molar-refractivity contribution is -0.150. The Morgan fingerprint density at radius 1 is 1.07 bits per heavy atom. The molecule has 3 saturated carbocycles. The third-order valence-electron chi connectivity index (χ3n) is 13.6. The van der Waals surface area contributed by atoms with E-state index in [1.54, 1.807) is 0 Å². The molecule has 0 radical (unpaired) electrons. The van der Waals surface area contributed by atoms with Crippen LogP contribution < -0.4 is 11.5 Å². The molecule has 0 aromatic rings. The van der Waals surface area contributed by atoms with Gasteiger partial charge in [-0.2, -0.15) is 0 Å². The Hall–Kier alpha value is -2.56. The number of carbonyl (C=O) groups is 3. The van der Waals surface area contributed by atoms with Crippen molar-refractivity contribution in [3.8, 4) is 0 Å². The molecule has 45 heavy (non-hydrogen) atoms. The summed E-state index contributed by atoms with van der Waals surface area (Å²) >= 11 is 0. The predicted molar refractivity (Wildman–Crippen MR) is 170 cm³/mol. The molecule has 10 atom stereocenters. The number of aliphatic carboxylic acids is 1. The van der Waals surface area contributed by atoms with Gasteiger partial charge in [0, 0.05) is 52.7 Å². The number of nitrogens with zero attached hydrogens (tertiary/aromatic N) is 1. The molecule has 0 aromatic carbocycles. The van der Waals surface area contributed by atoms with Crippen molar-refractivity contribution in [2.24, 2.45) is 61.8 Å². The second-order valence-electron chi connectivity index (χ2n) is 15.7. The monoisotopic (exact) mass is 627 g/mol. The number of carboxylic acids is 1. The highest BCUT2D eigenvalue weighted by Crippen LogP contribution is 2.74. The number of ketones is 2. The number of aliphatic hydroxyl groups excluding tert-OH is 3. The van der Waals surface area contributed by atoms with Crippen molar-refractivity contribution in [1.82, 2.24) is 0 Å². The van der Waals surface area contributed by atoms with Crippen molar-refractivity contribution >= 4 is 23.5 Å². The van der Waals surface area contributed by atoms with Crippen LogP contribution in [0.1, 0.15) is 98.8 Å². The lowest BCUT2D eigenvalue weighted by atomic mass is 9.40. The average Bonchev–Trinajstić information content (AvgIpc) is 3.18. The maximum Gasteiger partial charge on any atom is 0.331 e. The molecule has 0 aromatic heterocycles. The molecule has 250 valence electrons. The number of carbonyl (C=O) groups excluding carboxylic acids is 2. The predicted octanol–water partition coefficient (Wildman–Crippen LogP) is 3.27. The Bertz CT molecular complexity index is 1350. The van der Waals surface area contributed by atoms with Crippen molar-refractivity contribution in [3.63, 3.8) is 0 Å². The Labute approximate surface area is 266 Å².